The SMILES string of the molecule is O=C(NC(Cn1cccc1)C(=O)O)OCC1c2ccccc2-c2ccccc21. The van der Waals surface area contributed by atoms with E-state index in [2.05, 4.69) is 17.4 Å². The number of ether oxygens (including phenoxy) is 1. The molecule has 1 amide bonds. The molecule has 1 unspecified atom stereocenters. The Balaban J connectivity index is 1.44. The number of benzene rings is 2. The zero-order chi connectivity index (χ0) is 19.5. The zero-order valence-corrected chi connectivity index (χ0v) is 15.1. The van der Waals surface area contributed by atoms with Gasteiger partial charge in [-0.3, -0.25) is 0 Å². The van der Waals surface area contributed by atoms with E-state index in [-0.39, 0.29) is 19.1 Å². The lowest BCUT2D eigenvalue weighted by Gasteiger charge is -2.18. The van der Waals surface area contributed by atoms with Gasteiger partial charge >= 0.3 is 12.1 Å². The van der Waals surface area contributed by atoms with E-state index in [4.69, 9.17) is 4.74 Å². The highest BCUT2D eigenvalue weighted by Crippen LogP contribution is 2.44. The topological polar surface area (TPSA) is 80.6 Å². The smallest absolute Gasteiger partial charge is 0.407 e. The van der Waals surface area contributed by atoms with Crippen molar-refractivity contribution in [3.8, 4) is 11.1 Å². The molecule has 0 fully saturated rings. The van der Waals surface area contributed by atoms with Crippen LogP contribution in [0.5, 0.6) is 0 Å². The predicted octanol–water partition coefficient (Wildman–Crippen LogP) is 3.48. The van der Waals surface area contributed by atoms with Gasteiger partial charge in [-0.25, -0.2) is 9.59 Å². The van der Waals surface area contributed by atoms with Gasteiger partial charge in [0.15, 0.2) is 0 Å². The van der Waals surface area contributed by atoms with Crippen molar-refractivity contribution in [1.82, 2.24) is 9.88 Å². The standard InChI is InChI=1S/C22H20N2O4/c25-21(26)20(13-24-11-5-6-12-24)23-22(27)28-14-19-17-9-3-1-7-15(17)16-8-2-4-10-18(16)19/h1-12,19-20H,13-14H2,(H,23,27)(H,25,26). The summed E-state index contributed by atoms with van der Waals surface area (Å²) in [6, 6.07) is 18.6. The number of alkyl carbamates (subject to hydrolysis) is 1. The maximum atomic E-state index is 12.3. The van der Waals surface area contributed by atoms with Crippen molar-refractivity contribution in [2.45, 2.75) is 18.5 Å². The summed E-state index contributed by atoms with van der Waals surface area (Å²) < 4.78 is 7.11. The molecule has 1 atom stereocenters. The Hall–Kier alpha value is -3.54. The van der Waals surface area contributed by atoms with Crippen LogP contribution in [0.4, 0.5) is 4.79 Å². The Kier molecular flexibility index (Phi) is 4.85. The van der Waals surface area contributed by atoms with Crippen LogP contribution in [0.1, 0.15) is 17.0 Å². The summed E-state index contributed by atoms with van der Waals surface area (Å²) >= 11 is 0. The quantitative estimate of drug-likeness (QED) is 0.690. The van der Waals surface area contributed by atoms with Gasteiger partial charge in [-0.2, -0.15) is 0 Å². The lowest BCUT2D eigenvalue weighted by Crippen LogP contribution is -2.44. The highest BCUT2D eigenvalue weighted by atomic mass is 16.5. The van der Waals surface area contributed by atoms with Gasteiger partial charge in [-0.05, 0) is 34.4 Å². The van der Waals surface area contributed by atoms with E-state index < -0.39 is 18.1 Å². The minimum absolute atomic E-state index is 0.0640. The Morgan fingerprint density at radius 2 is 1.54 bits per heavy atom. The molecule has 0 spiro atoms. The highest BCUT2D eigenvalue weighted by molar-refractivity contribution is 5.81. The van der Waals surface area contributed by atoms with Crippen LogP contribution in [-0.4, -0.2) is 34.4 Å². The van der Waals surface area contributed by atoms with Gasteiger partial charge in [0, 0.05) is 18.3 Å². The number of carbonyl (C=O) groups is 2. The summed E-state index contributed by atoms with van der Waals surface area (Å²) in [5.41, 5.74) is 4.50. The van der Waals surface area contributed by atoms with Crippen molar-refractivity contribution in [2.75, 3.05) is 6.61 Å². The number of aromatic nitrogens is 1. The number of aliphatic carboxylic acids is 1. The summed E-state index contributed by atoms with van der Waals surface area (Å²) in [4.78, 5) is 23.7. The first-order chi connectivity index (χ1) is 13.6. The van der Waals surface area contributed by atoms with Crippen LogP contribution in [0, 0.1) is 0 Å². The van der Waals surface area contributed by atoms with Crippen LogP contribution in [0.3, 0.4) is 0 Å². The van der Waals surface area contributed by atoms with Crippen LogP contribution < -0.4 is 5.32 Å². The van der Waals surface area contributed by atoms with Gasteiger partial charge in [-0.15, -0.1) is 0 Å². The zero-order valence-electron chi connectivity index (χ0n) is 15.1. The van der Waals surface area contributed by atoms with E-state index in [1.165, 1.54) is 0 Å². The van der Waals surface area contributed by atoms with Gasteiger partial charge in [-0.1, -0.05) is 48.5 Å². The molecule has 0 bridgehead atoms. The van der Waals surface area contributed by atoms with Crippen molar-refractivity contribution in [3.63, 3.8) is 0 Å². The van der Waals surface area contributed by atoms with Crippen molar-refractivity contribution >= 4 is 12.1 Å². The Morgan fingerprint density at radius 3 is 2.11 bits per heavy atom. The van der Waals surface area contributed by atoms with E-state index in [1.54, 1.807) is 29.1 Å². The molecule has 1 aromatic heterocycles. The second kappa shape index (κ2) is 7.60. The van der Waals surface area contributed by atoms with Crippen molar-refractivity contribution in [2.24, 2.45) is 0 Å². The predicted molar refractivity (Wildman–Crippen MR) is 104 cm³/mol. The molecule has 2 aromatic carbocycles. The van der Waals surface area contributed by atoms with Gasteiger partial charge in [0.1, 0.15) is 12.6 Å². The number of fused-ring (bicyclic) bond motifs is 3. The molecule has 6 nitrogen and oxygen atoms in total. The Labute approximate surface area is 162 Å². The Morgan fingerprint density at radius 1 is 0.964 bits per heavy atom. The van der Waals surface area contributed by atoms with Crippen LogP contribution >= 0.6 is 0 Å². The third-order valence-electron chi connectivity index (χ3n) is 4.99. The summed E-state index contributed by atoms with van der Waals surface area (Å²) in [5, 5.41) is 11.8. The first-order valence-corrected chi connectivity index (χ1v) is 9.08. The summed E-state index contributed by atoms with van der Waals surface area (Å²) in [7, 11) is 0. The third-order valence-corrected chi connectivity index (χ3v) is 4.99. The number of hydrogen-bond acceptors (Lipinski definition) is 3. The molecule has 6 heteroatoms. The van der Waals surface area contributed by atoms with Crippen LogP contribution in [0.2, 0.25) is 0 Å². The average molecular weight is 376 g/mol. The monoisotopic (exact) mass is 376 g/mol. The lowest BCUT2D eigenvalue weighted by atomic mass is 9.98. The molecular formula is C22H20N2O4. The highest BCUT2D eigenvalue weighted by Gasteiger charge is 2.29. The first kappa shape index (κ1) is 17.9. The number of nitrogens with zero attached hydrogens (tertiary/aromatic N) is 1. The van der Waals surface area contributed by atoms with E-state index >= 15 is 0 Å². The molecule has 28 heavy (non-hydrogen) atoms. The molecule has 0 radical (unpaired) electrons. The maximum Gasteiger partial charge on any atom is 0.407 e. The minimum Gasteiger partial charge on any atom is -0.480 e. The van der Waals surface area contributed by atoms with Crippen LogP contribution in [0.15, 0.2) is 73.1 Å². The van der Waals surface area contributed by atoms with Crippen molar-refractivity contribution in [1.29, 1.82) is 0 Å². The molecule has 1 heterocycles. The van der Waals surface area contributed by atoms with E-state index in [0.29, 0.717) is 0 Å². The molecule has 4 rings (SSSR count). The fourth-order valence-electron chi connectivity index (χ4n) is 3.67. The molecule has 1 aliphatic rings. The molecule has 0 saturated heterocycles. The first-order valence-electron chi connectivity index (χ1n) is 9.08. The van der Waals surface area contributed by atoms with Gasteiger partial charge < -0.3 is 19.7 Å². The van der Waals surface area contributed by atoms with E-state index in [1.807, 2.05) is 36.4 Å². The van der Waals surface area contributed by atoms with Gasteiger partial charge in [0.25, 0.3) is 0 Å². The largest absolute Gasteiger partial charge is 0.480 e. The number of amides is 1. The number of nitrogens with one attached hydrogen (secondary N) is 1. The van der Waals surface area contributed by atoms with E-state index in [9.17, 15) is 14.7 Å². The number of hydrogen-bond donors (Lipinski definition) is 2. The average Bonchev–Trinajstić information content (AvgIpc) is 3.32. The molecule has 142 valence electrons. The molecule has 0 saturated carbocycles. The molecule has 3 aromatic rings. The summed E-state index contributed by atoms with van der Waals surface area (Å²) in [6.45, 7) is 0.280. The van der Waals surface area contributed by atoms with Gasteiger partial charge in [0.2, 0.25) is 0 Å². The Bertz CT molecular complexity index is 952. The lowest BCUT2D eigenvalue weighted by molar-refractivity contribution is -0.139. The summed E-state index contributed by atoms with van der Waals surface area (Å²) in [5.74, 6) is -1.17. The number of carboxylic acids is 1. The number of carboxylic acid groups (broad SMARTS) is 1. The maximum absolute atomic E-state index is 12.3. The minimum atomic E-state index is -1.11. The van der Waals surface area contributed by atoms with Crippen molar-refractivity contribution < 1.29 is 19.4 Å². The van der Waals surface area contributed by atoms with Crippen LogP contribution in [-0.2, 0) is 16.1 Å². The molecule has 1 aliphatic carbocycles. The van der Waals surface area contributed by atoms with E-state index in [0.717, 1.165) is 22.3 Å². The third kappa shape index (κ3) is 3.49. The summed E-state index contributed by atoms with van der Waals surface area (Å²) in [6.07, 6.45) is 2.76. The van der Waals surface area contributed by atoms with Gasteiger partial charge in [0.05, 0.1) is 6.54 Å². The van der Waals surface area contributed by atoms with Crippen LogP contribution in [0.25, 0.3) is 11.1 Å². The fraction of sp³-hybridized carbons (Fsp3) is 0.182. The second-order valence-corrected chi connectivity index (χ2v) is 6.74. The molecule has 2 N–H and O–H groups in total. The fourth-order valence-corrected chi connectivity index (χ4v) is 3.67. The second-order valence-electron chi connectivity index (χ2n) is 6.74. The molecular weight excluding hydrogens is 356 g/mol. The van der Waals surface area contributed by atoms with Crippen molar-refractivity contribution in [3.05, 3.63) is 84.2 Å². The number of rotatable bonds is 6. The molecule has 0 aliphatic heterocycles. The normalized spacial score (nSPS) is 13.4. The number of carbonyl (C=O) groups excluding carboxylic acids is 1.